The summed E-state index contributed by atoms with van der Waals surface area (Å²) >= 11 is 0. The molecule has 2 aliphatic heterocycles. The predicted molar refractivity (Wildman–Crippen MR) is 127 cm³/mol. The molecule has 1 saturated heterocycles. The van der Waals surface area contributed by atoms with E-state index in [1.54, 1.807) is 54.9 Å². The zero-order valence-electron chi connectivity index (χ0n) is 19.1. The second-order valence-corrected chi connectivity index (χ2v) is 8.15. The van der Waals surface area contributed by atoms with Crippen molar-refractivity contribution in [1.82, 2.24) is 9.88 Å². The van der Waals surface area contributed by atoms with E-state index in [0.717, 1.165) is 5.56 Å². The second-order valence-electron chi connectivity index (χ2n) is 8.15. The number of nitrogens with zero attached hydrogens (tertiary/aromatic N) is 2. The van der Waals surface area contributed by atoms with Gasteiger partial charge in [-0.3, -0.25) is 14.6 Å². The largest absolute Gasteiger partial charge is 0.507 e. The molecule has 8 heteroatoms. The molecule has 178 valence electrons. The van der Waals surface area contributed by atoms with Gasteiger partial charge in [-0.15, -0.1) is 0 Å². The summed E-state index contributed by atoms with van der Waals surface area (Å²) < 4.78 is 16.8. The first-order valence-electron chi connectivity index (χ1n) is 11.4. The van der Waals surface area contributed by atoms with E-state index >= 15 is 0 Å². The molecule has 0 unspecified atom stereocenters. The van der Waals surface area contributed by atoms with Gasteiger partial charge in [0.25, 0.3) is 11.7 Å². The molecule has 8 nitrogen and oxygen atoms in total. The van der Waals surface area contributed by atoms with E-state index < -0.39 is 17.7 Å². The number of benzene rings is 2. The Balaban J connectivity index is 1.63. The number of rotatable bonds is 6. The monoisotopic (exact) mass is 472 g/mol. The van der Waals surface area contributed by atoms with Crippen LogP contribution in [0.1, 0.15) is 29.7 Å². The first-order chi connectivity index (χ1) is 17.1. The van der Waals surface area contributed by atoms with Crippen LogP contribution in [0.25, 0.3) is 5.76 Å². The number of Topliss-reactive ketones (excluding diaryl/α,β-unsaturated/α-hetero) is 1. The molecule has 1 amide bonds. The minimum absolute atomic E-state index is 0.00390. The number of likely N-dealkylation sites (tertiary alicyclic amines) is 1. The van der Waals surface area contributed by atoms with E-state index in [-0.39, 0.29) is 17.9 Å². The van der Waals surface area contributed by atoms with Crippen LogP contribution < -0.4 is 14.2 Å². The average molecular weight is 472 g/mol. The number of carbonyl (C=O) groups is 2. The zero-order chi connectivity index (χ0) is 24.4. The lowest BCUT2D eigenvalue weighted by Crippen LogP contribution is -2.29. The third-order valence-corrected chi connectivity index (χ3v) is 5.92. The molecule has 2 aliphatic rings. The lowest BCUT2D eigenvalue weighted by molar-refractivity contribution is -0.140. The van der Waals surface area contributed by atoms with Crippen molar-refractivity contribution >= 4 is 17.4 Å². The van der Waals surface area contributed by atoms with Crippen LogP contribution in [0.15, 0.2) is 72.6 Å². The Morgan fingerprint density at radius 2 is 1.91 bits per heavy atom. The summed E-state index contributed by atoms with van der Waals surface area (Å²) in [6.45, 7) is 3.32. The van der Waals surface area contributed by atoms with Crippen LogP contribution in [0.3, 0.4) is 0 Å². The number of aliphatic hydroxyl groups excluding tert-OH is 1. The Morgan fingerprint density at radius 1 is 1.09 bits per heavy atom. The molecule has 3 aromatic rings. The highest BCUT2D eigenvalue weighted by Crippen LogP contribution is 2.42. The van der Waals surface area contributed by atoms with Crippen molar-refractivity contribution in [3.8, 4) is 17.2 Å². The highest BCUT2D eigenvalue weighted by molar-refractivity contribution is 6.46. The molecule has 2 aromatic carbocycles. The van der Waals surface area contributed by atoms with Gasteiger partial charge in [0, 0.05) is 24.5 Å². The smallest absolute Gasteiger partial charge is 0.295 e. The number of amides is 1. The number of aliphatic hydroxyl groups is 1. The molecule has 1 N–H and O–H groups in total. The minimum Gasteiger partial charge on any atom is -0.507 e. The maximum absolute atomic E-state index is 13.3. The summed E-state index contributed by atoms with van der Waals surface area (Å²) in [7, 11) is 0. The van der Waals surface area contributed by atoms with Crippen LogP contribution in [0, 0.1) is 0 Å². The first kappa shape index (κ1) is 22.5. The number of hydrogen-bond donors (Lipinski definition) is 1. The Morgan fingerprint density at radius 3 is 2.69 bits per heavy atom. The average Bonchev–Trinajstić information content (AvgIpc) is 3.14. The molecule has 0 bridgehead atoms. The maximum Gasteiger partial charge on any atom is 0.295 e. The normalized spacial score (nSPS) is 18.5. The van der Waals surface area contributed by atoms with Crippen LogP contribution in [-0.2, 0) is 16.1 Å². The van der Waals surface area contributed by atoms with Gasteiger partial charge in [0.2, 0.25) is 0 Å². The van der Waals surface area contributed by atoms with E-state index in [9.17, 15) is 14.7 Å². The molecule has 3 heterocycles. The number of aromatic nitrogens is 1. The molecule has 35 heavy (non-hydrogen) atoms. The molecule has 0 spiro atoms. The van der Waals surface area contributed by atoms with Crippen molar-refractivity contribution in [2.24, 2.45) is 0 Å². The number of hydrogen-bond acceptors (Lipinski definition) is 7. The quantitative estimate of drug-likeness (QED) is 0.330. The van der Waals surface area contributed by atoms with E-state index in [1.165, 1.54) is 4.90 Å². The molecule has 0 radical (unpaired) electrons. The van der Waals surface area contributed by atoms with Crippen molar-refractivity contribution in [2.45, 2.75) is 19.5 Å². The number of fused-ring (bicyclic) bond motifs is 1. The molecular weight excluding hydrogens is 448 g/mol. The summed E-state index contributed by atoms with van der Waals surface area (Å²) in [5.41, 5.74) is 1.78. The van der Waals surface area contributed by atoms with Gasteiger partial charge in [-0.1, -0.05) is 18.2 Å². The van der Waals surface area contributed by atoms with Gasteiger partial charge in [-0.25, -0.2) is 0 Å². The van der Waals surface area contributed by atoms with Crippen molar-refractivity contribution < 1.29 is 28.9 Å². The fraction of sp³-hybridized carbons (Fsp3) is 0.222. The summed E-state index contributed by atoms with van der Waals surface area (Å²) in [6.07, 6.45) is 3.29. The lowest BCUT2D eigenvalue weighted by atomic mass is 9.95. The fourth-order valence-corrected chi connectivity index (χ4v) is 4.37. The van der Waals surface area contributed by atoms with Gasteiger partial charge in [-0.05, 0) is 54.4 Å². The highest BCUT2D eigenvalue weighted by atomic mass is 16.6. The van der Waals surface area contributed by atoms with Gasteiger partial charge in [0.15, 0.2) is 11.5 Å². The Labute approximate surface area is 202 Å². The number of ketones is 1. The van der Waals surface area contributed by atoms with Gasteiger partial charge < -0.3 is 24.2 Å². The van der Waals surface area contributed by atoms with Crippen LogP contribution in [0.2, 0.25) is 0 Å². The number of carbonyl (C=O) groups excluding carboxylic acids is 2. The predicted octanol–water partition coefficient (Wildman–Crippen LogP) is 3.87. The van der Waals surface area contributed by atoms with Gasteiger partial charge in [-0.2, -0.15) is 0 Å². The van der Waals surface area contributed by atoms with Gasteiger partial charge in [0.1, 0.15) is 24.7 Å². The fourth-order valence-electron chi connectivity index (χ4n) is 4.37. The van der Waals surface area contributed by atoms with Crippen molar-refractivity contribution in [3.05, 3.63) is 89.3 Å². The topological polar surface area (TPSA) is 98.2 Å². The van der Waals surface area contributed by atoms with E-state index in [2.05, 4.69) is 4.98 Å². The van der Waals surface area contributed by atoms with Crippen LogP contribution in [0.4, 0.5) is 0 Å². The van der Waals surface area contributed by atoms with E-state index in [4.69, 9.17) is 14.2 Å². The second kappa shape index (κ2) is 9.50. The standard InChI is InChI=1S/C27H24N2O6/c1-2-33-20-7-3-6-18(13-20)24-23(25(30)19-8-9-21-22(14-19)35-12-11-34-21)26(31)27(32)29(24)16-17-5-4-10-28-15-17/h3-10,13-15,24,30H,2,11-12,16H2,1H3/t24-/m0/s1. The van der Waals surface area contributed by atoms with Crippen molar-refractivity contribution in [2.75, 3.05) is 19.8 Å². The maximum atomic E-state index is 13.3. The van der Waals surface area contributed by atoms with Gasteiger partial charge >= 0.3 is 0 Å². The summed E-state index contributed by atoms with van der Waals surface area (Å²) in [4.78, 5) is 32.1. The number of ether oxygens (including phenoxy) is 3. The summed E-state index contributed by atoms with van der Waals surface area (Å²) in [5.74, 6) is -0.0875. The van der Waals surface area contributed by atoms with E-state index in [0.29, 0.717) is 48.2 Å². The SMILES string of the molecule is CCOc1cccc([C@H]2C(=C(O)c3ccc4c(c3)OCCO4)C(=O)C(=O)N2Cc2cccnc2)c1. The van der Waals surface area contributed by atoms with Crippen LogP contribution >= 0.6 is 0 Å². The summed E-state index contributed by atoms with van der Waals surface area (Å²) in [5, 5.41) is 11.3. The molecule has 0 aliphatic carbocycles. The Hall–Kier alpha value is -4.33. The third kappa shape index (κ3) is 4.30. The lowest BCUT2D eigenvalue weighted by Gasteiger charge is -2.26. The van der Waals surface area contributed by atoms with Gasteiger partial charge in [0.05, 0.1) is 18.2 Å². The Bertz CT molecular complexity index is 1300. The molecular formula is C27H24N2O6. The van der Waals surface area contributed by atoms with Crippen LogP contribution in [0.5, 0.6) is 17.2 Å². The highest BCUT2D eigenvalue weighted by Gasteiger charge is 2.46. The number of pyridine rings is 1. The van der Waals surface area contributed by atoms with Crippen molar-refractivity contribution in [3.63, 3.8) is 0 Å². The zero-order valence-corrected chi connectivity index (χ0v) is 19.1. The molecule has 1 aromatic heterocycles. The Kier molecular flexibility index (Phi) is 6.10. The van der Waals surface area contributed by atoms with Crippen LogP contribution in [-0.4, -0.2) is 46.5 Å². The van der Waals surface area contributed by atoms with E-state index in [1.807, 2.05) is 19.1 Å². The molecule has 1 atom stereocenters. The summed E-state index contributed by atoms with van der Waals surface area (Å²) in [6, 6.07) is 14.9. The molecule has 5 rings (SSSR count). The third-order valence-electron chi connectivity index (χ3n) is 5.92. The minimum atomic E-state index is -0.816. The molecule has 1 fully saturated rings. The molecule has 0 saturated carbocycles. The first-order valence-corrected chi connectivity index (χ1v) is 11.4. The van der Waals surface area contributed by atoms with Crippen molar-refractivity contribution in [1.29, 1.82) is 0 Å².